The molecule has 3 aromatic rings. The van der Waals surface area contributed by atoms with Crippen LogP contribution in [0.3, 0.4) is 0 Å². The first-order valence-electron chi connectivity index (χ1n) is 8.57. The number of carbonyl (C=O) groups is 2. The molecule has 2 aromatic heterocycles. The highest BCUT2D eigenvalue weighted by Gasteiger charge is 2.20. The van der Waals surface area contributed by atoms with Crippen molar-refractivity contribution >= 4 is 40.0 Å². The van der Waals surface area contributed by atoms with Crippen LogP contribution in [-0.4, -0.2) is 27.8 Å². The predicted molar refractivity (Wildman–Crippen MR) is 105 cm³/mol. The fourth-order valence-corrected chi connectivity index (χ4v) is 2.75. The standard InChI is InChI=1S/C19H19FN6O2/c1-2-13(17(22)28)24-19-12(20)9-11(16(21)27)18(26-19)25-15-7-8-23-14-6-4-3-5-10(14)15/h3-9,13H,2H2,1H3,(H2,21,27)(H2,22,28)(H2,23,24,25,26). The van der Waals surface area contributed by atoms with E-state index in [1.807, 2.05) is 24.3 Å². The van der Waals surface area contributed by atoms with Crippen LogP contribution in [0.4, 0.5) is 21.7 Å². The van der Waals surface area contributed by atoms with E-state index < -0.39 is 23.7 Å². The Kier molecular flexibility index (Phi) is 5.35. The monoisotopic (exact) mass is 382 g/mol. The molecule has 8 nitrogen and oxygen atoms in total. The first kappa shape index (κ1) is 19.0. The fourth-order valence-electron chi connectivity index (χ4n) is 2.75. The summed E-state index contributed by atoms with van der Waals surface area (Å²) in [6.45, 7) is 1.72. The maximum absolute atomic E-state index is 14.4. The first-order chi connectivity index (χ1) is 13.4. The summed E-state index contributed by atoms with van der Waals surface area (Å²) in [5.41, 5.74) is 11.9. The molecule has 1 atom stereocenters. The van der Waals surface area contributed by atoms with Crippen molar-refractivity contribution in [3.8, 4) is 0 Å². The van der Waals surface area contributed by atoms with E-state index in [-0.39, 0.29) is 17.2 Å². The van der Waals surface area contributed by atoms with Gasteiger partial charge in [-0.1, -0.05) is 25.1 Å². The summed E-state index contributed by atoms with van der Waals surface area (Å²) in [5.74, 6) is -2.47. The van der Waals surface area contributed by atoms with Crippen LogP contribution in [0.15, 0.2) is 42.6 Å². The van der Waals surface area contributed by atoms with Crippen LogP contribution in [-0.2, 0) is 4.79 Å². The Balaban J connectivity index is 2.06. The number of hydrogen-bond acceptors (Lipinski definition) is 6. The van der Waals surface area contributed by atoms with Gasteiger partial charge in [-0.25, -0.2) is 9.37 Å². The second kappa shape index (κ2) is 7.87. The van der Waals surface area contributed by atoms with Crippen molar-refractivity contribution in [2.24, 2.45) is 11.5 Å². The van der Waals surface area contributed by atoms with Gasteiger partial charge in [-0.2, -0.15) is 0 Å². The van der Waals surface area contributed by atoms with Crippen LogP contribution in [0.1, 0.15) is 23.7 Å². The number of nitrogens with zero attached hydrogens (tertiary/aromatic N) is 2. The third-order valence-corrected chi connectivity index (χ3v) is 4.21. The highest BCUT2D eigenvalue weighted by Crippen LogP contribution is 2.28. The second-order valence-corrected chi connectivity index (χ2v) is 6.09. The van der Waals surface area contributed by atoms with Crippen molar-refractivity contribution in [3.63, 3.8) is 0 Å². The number of amides is 2. The third-order valence-electron chi connectivity index (χ3n) is 4.21. The Morgan fingerprint density at radius 2 is 1.93 bits per heavy atom. The number of hydrogen-bond donors (Lipinski definition) is 4. The third kappa shape index (κ3) is 3.83. The lowest BCUT2D eigenvalue weighted by atomic mass is 10.1. The molecule has 0 aliphatic heterocycles. The van der Waals surface area contributed by atoms with Crippen LogP contribution < -0.4 is 22.1 Å². The summed E-state index contributed by atoms with van der Waals surface area (Å²) in [6.07, 6.45) is 1.93. The molecule has 28 heavy (non-hydrogen) atoms. The van der Waals surface area contributed by atoms with Crippen LogP contribution >= 0.6 is 0 Å². The molecule has 0 radical (unpaired) electrons. The molecule has 0 spiro atoms. The largest absolute Gasteiger partial charge is 0.368 e. The van der Waals surface area contributed by atoms with Crippen molar-refractivity contribution in [2.45, 2.75) is 19.4 Å². The van der Waals surface area contributed by atoms with Gasteiger partial charge in [0.15, 0.2) is 11.6 Å². The number of benzene rings is 1. The Morgan fingerprint density at radius 3 is 2.61 bits per heavy atom. The summed E-state index contributed by atoms with van der Waals surface area (Å²) < 4.78 is 14.4. The van der Waals surface area contributed by atoms with Crippen LogP contribution in [0.5, 0.6) is 0 Å². The number of fused-ring (bicyclic) bond motifs is 1. The normalized spacial score (nSPS) is 11.8. The van der Waals surface area contributed by atoms with Gasteiger partial charge in [-0.15, -0.1) is 0 Å². The lowest BCUT2D eigenvalue weighted by Crippen LogP contribution is -2.35. The number of aromatic nitrogens is 2. The average Bonchev–Trinajstić information content (AvgIpc) is 2.67. The van der Waals surface area contributed by atoms with Crippen LogP contribution in [0.2, 0.25) is 0 Å². The maximum Gasteiger partial charge on any atom is 0.252 e. The highest BCUT2D eigenvalue weighted by atomic mass is 19.1. The molecular formula is C19H19FN6O2. The molecule has 0 saturated carbocycles. The van der Waals surface area contributed by atoms with Crippen molar-refractivity contribution in [1.29, 1.82) is 0 Å². The first-order valence-corrected chi connectivity index (χ1v) is 8.57. The minimum atomic E-state index is -0.847. The maximum atomic E-state index is 14.4. The van der Waals surface area contributed by atoms with Crippen molar-refractivity contribution in [1.82, 2.24) is 9.97 Å². The number of nitrogens with one attached hydrogen (secondary N) is 2. The number of halogens is 1. The van der Waals surface area contributed by atoms with Gasteiger partial charge in [0, 0.05) is 11.6 Å². The molecule has 0 bridgehead atoms. The number of primary amides is 2. The number of carbonyl (C=O) groups excluding carboxylic acids is 2. The Morgan fingerprint density at radius 1 is 1.18 bits per heavy atom. The molecule has 3 rings (SSSR count). The van der Waals surface area contributed by atoms with E-state index in [1.54, 1.807) is 19.2 Å². The Hall–Kier alpha value is -3.75. The van der Waals surface area contributed by atoms with Crippen molar-refractivity contribution in [2.75, 3.05) is 10.6 Å². The summed E-state index contributed by atoms with van der Waals surface area (Å²) >= 11 is 0. The van der Waals surface area contributed by atoms with Gasteiger partial charge in [0.2, 0.25) is 5.91 Å². The molecule has 9 heteroatoms. The highest BCUT2D eigenvalue weighted by molar-refractivity contribution is 6.00. The molecule has 1 unspecified atom stereocenters. The molecule has 6 N–H and O–H groups in total. The lowest BCUT2D eigenvalue weighted by molar-refractivity contribution is -0.118. The van der Waals surface area contributed by atoms with Gasteiger partial charge in [-0.05, 0) is 24.6 Å². The van der Waals surface area contributed by atoms with E-state index in [9.17, 15) is 14.0 Å². The molecule has 0 aliphatic carbocycles. The zero-order valence-electron chi connectivity index (χ0n) is 15.1. The average molecular weight is 382 g/mol. The van der Waals surface area contributed by atoms with E-state index in [2.05, 4.69) is 20.6 Å². The van der Waals surface area contributed by atoms with E-state index in [0.717, 1.165) is 17.0 Å². The predicted octanol–water partition coefficient (Wildman–Crippen LogP) is 2.29. The van der Waals surface area contributed by atoms with Crippen LogP contribution in [0.25, 0.3) is 10.9 Å². The van der Waals surface area contributed by atoms with E-state index in [0.29, 0.717) is 12.1 Å². The zero-order chi connectivity index (χ0) is 20.3. The zero-order valence-corrected chi connectivity index (χ0v) is 15.1. The SMILES string of the molecule is CCC(Nc1nc(Nc2ccnc3ccccc23)c(C(N)=O)cc1F)C(N)=O. The number of anilines is 3. The second-order valence-electron chi connectivity index (χ2n) is 6.09. The molecule has 144 valence electrons. The summed E-state index contributed by atoms with van der Waals surface area (Å²) in [5, 5.41) is 6.45. The van der Waals surface area contributed by atoms with E-state index in [4.69, 9.17) is 11.5 Å². The number of nitrogens with two attached hydrogens (primary N) is 2. The minimum Gasteiger partial charge on any atom is -0.368 e. The van der Waals surface area contributed by atoms with Gasteiger partial charge >= 0.3 is 0 Å². The van der Waals surface area contributed by atoms with Gasteiger partial charge < -0.3 is 22.1 Å². The van der Waals surface area contributed by atoms with Gasteiger partial charge in [0.05, 0.1) is 16.8 Å². The fraction of sp³-hybridized carbons (Fsp3) is 0.158. The van der Waals surface area contributed by atoms with E-state index in [1.165, 1.54) is 0 Å². The molecular weight excluding hydrogens is 363 g/mol. The van der Waals surface area contributed by atoms with Crippen molar-refractivity contribution < 1.29 is 14.0 Å². The topological polar surface area (TPSA) is 136 Å². The molecule has 2 heterocycles. The number of para-hydroxylation sites is 1. The van der Waals surface area contributed by atoms with Crippen molar-refractivity contribution in [3.05, 3.63) is 54.0 Å². The van der Waals surface area contributed by atoms with Gasteiger partial charge in [0.25, 0.3) is 5.91 Å². The minimum absolute atomic E-state index is 0.0482. The summed E-state index contributed by atoms with van der Waals surface area (Å²) in [4.78, 5) is 31.7. The lowest BCUT2D eigenvalue weighted by Gasteiger charge is -2.17. The number of pyridine rings is 2. The molecule has 1 aromatic carbocycles. The van der Waals surface area contributed by atoms with Crippen LogP contribution in [0, 0.1) is 5.82 Å². The van der Waals surface area contributed by atoms with E-state index >= 15 is 0 Å². The molecule has 0 fully saturated rings. The molecule has 2 amide bonds. The van der Waals surface area contributed by atoms with Gasteiger partial charge in [0.1, 0.15) is 11.9 Å². The van der Waals surface area contributed by atoms with Gasteiger partial charge in [-0.3, -0.25) is 14.6 Å². The summed E-state index contributed by atoms with van der Waals surface area (Å²) in [6, 6.07) is 9.22. The quantitative estimate of drug-likeness (QED) is 0.495. The smallest absolute Gasteiger partial charge is 0.252 e. The Labute approximate surface area is 160 Å². The number of rotatable bonds is 7. The molecule has 0 aliphatic rings. The molecule has 0 saturated heterocycles. The Bertz CT molecular complexity index is 1050. The summed E-state index contributed by atoms with van der Waals surface area (Å²) in [7, 11) is 0.